The van der Waals surface area contributed by atoms with Crippen LogP contribution in [0.5, 0.6) is 0 Å². The number of hydrogen-bond acceptors (Lipinski definition) is 10. The van der Waals surface area contributed by atoms with Gasteiger partial charge in [0, 0.05) is 17.5 Å². The number of hydroxylamine groups is 2. The third-order valence-corrected chi connectivity index (χ3v) is 12.6. The smallest absolute Gasteiger partial charge is 0.331 e. The molecule has 4 aliphatic carbocycles. The van der Waals surface area contributed by atoms with Crippen LogP contribution in [0.2, 0.25) is 0 Å². The fraction of sp³-hybridized carbons (Fsp3) is 0.900. The van der Waals surface area contributed by atoms with Crippen LogP contribution in [0.3, 0.4) is 0 Å². The van der Waals surface area contributed by atoms with Gasteiger partial charge in [0.25, 0.3) is 0 Å². The Kier molecular flexibility index (Phi) is 7.43. The quantitative estimate of drug-likeness (QED) is 0.244. The molecule has 0 aromatic rings. The molecule has 0 amide bonds. The van der Waals surface area contributed by atoms with Gasteiger partial charge in [-0.1, -0.05) is 13.8 Å². The lowest BCUT2D eigenvalue weighted by molar-refractivity contribution is -0.344. The molecule has 5 fully saturated rings. The summed E-state index contributed by atoms with van der Waals surface area (Å²) in [7, 11) is 1.53. The van der Waals surface area contributed by atoms with E-state index in [-0.39, 0.29) is 34.7 Å². The second kappa shape index (κ2) is 10.3. The summed E-state index contributed by atoms with van der Waals surface area (Å²) in [6.07, 6.45) is 3.63. The van der Waals surface area contributed by atoms with E-state index in [0.29, 0.717) is 18.4 Å². The van der Waals surface area contributed by atoms with Crippen molar-refractivity contribution in [3.8, 4) is 0 Å². The summed E-state index contributed by atoms with van der Waals surface area (Å²) in [6.45, 7) is 4.53. The third-order valence-electron chi connectivity index (χ3n) is 12.6. The lowest BCUT2D eigenvalue weighted by Crippen LogP contribution is -2.66. The molecule has 0 aromatic heterocycles. The van der Waals surface area contributed by atoms with E-state index in [0.717, 1.165) is 63.4 Å². The molecule has 10 nitrogen and oxygen atoms in total. The standard InChI is InChI=1S/C30H47NO9/c1-28-9-6-18(31(38-3)27-26(36)25(35)24(34)22(14-32)40-27)13-17(28)4-5-21-20(28)7-10-29(2)19(8-11-30(21,29)37)16-12-23(33)39-15-16/h12,17-22,24-27,32,34-37H,4-11,13-15H2,1-3H3/t17?,18-,19-,20?,21?,22+,24+,25+,26-,27?,28+,29-,30+/m1/s1. The highest BCUT2D eigenvalue weighted by atomic mass is 16.7. The Morgan fingerprint density at radius 3 is 2.45 bits per heavy atom. The van der Waals surface area contributed by atoms with Crippen molar-refractivity contribution in [3.63, 3.8) is 0 Å². The third kappa shape index (κ3) is 4.08. The minimum atomic E-state index is -1.45. The number of aliphatic hydroxyl groups excluding tert-OH is 4. The molecule has 13 atom stereocenters. The van der Waals surface area contributed by atoms with Gasteiger partial charge < -0.3 is 35.0 Å². The van der Waals surface area contributed by atoms with Gasteiger partial charge in [-0.05, 0) is 92.4 Å². The molecule has 6 rings (SSSR count). The van der Waals surface area contributed by atoms with E-state index >= 15 is 0 Å². The predicted molar refractivity (Wildman–Crippen MR) is 142 cm³/mol. The lowest BCUT2D eigenvalue weighted by atomic mass is 9.43. The van der Waals surface area contributed by atoms with Crippen molar-refractivity contribution in [2.45, 2.75) is 114 Å². The van der Waals surface area contributed by atoms with Crippen molar-refractivity contribution < 1.29 is 44.6 Å². The van der Waals surface area contributed by atoms with Gasteiger partial charge >= 0.3 is 5.97 Å². The topological polar surface area (TPSA) is 149 Å². The minimum absolute atomic E-state index is 0.0549. The average Bonchev–Trinajstić information content (AvgIpc) is 3.48. The first-order valence-corrected chi connectivity index (χ1v) is 15.2. The molecule has 4 unspecified atom stereocenters. The van der Waals surface area contributed by atoms with Gasteiger partial charge in [0.05, 0.1) is 19.3 Å². The SMILES string of the molecule is CON(C1O[C@@H](CO)[C@H](O)[C@H](O)[C@H]1O)[C@@H]1CC[C@@]2(C)C(CCC3C2CC[C@]2(C)[C@@H](C4=CC(=O)OC4)CC[C@]32O)C1. The zero-order chi connectivity index (χ0) is 28.6. The molecule has 0 spiro atoms. The minimum Gasteiger partial charge on any atom is -0.458 e. The van der Waals surface area contributed by atoms with E-state index in [1.54, 1.807) is 11.1 Å². The van der Waals surface area contributed by atoms with E-state index < -0.39 is 42.9 Å². The number of nitrogens with zero attached hydrogens (tertiary/aromatic N) is 1. The van der Waals surface area contributed by atoms with Crippen LogP contribution in [0.25, 0.3) is 0 Å². The van der Waals surface area contributed by atoms with Gasteiger partial charge in [-0.2, -0.15) is 5.06 Å². The van der Waals surface area contributed by atoms with Crippen molar-refractivity contribution in [1.29, 1.82) is 0 Å². The number of fused-ring (bicyclic) bond motifs is 5. The van der Waals surface area contributed by atoms with E-state index in [4.69, 9.17) is 14.3 Å². The number of ether oxygens (including phenoxy) is 2. The molecule has 2 aliphatic heterocycles. The largest absolute Gasteiger partial charge is 0.458 e. The monoisotopic (exact) mass is 565 g/mol. The van der Waals surface area contributed by atoms with Crippen LogP contribution in [-0.4, -0.2) is 99.2 Å². The summed E-state index contributed by atoms with van der Waals surface area (Å²) in [5.41, 5.74) is 0.0988. The Labute approximate surface area is 236 Å². The number of esters is 1. The second-order valence-electron chi connectivity index (χ2n) is 14.0. The van der Waals surface area contributed by atoms with Crippen LogP contribution in [-0.2, 0) is 19.1 Å². The molecule has 10 heteroatoms. The first-order chi connectivity index (χ1) is 19.0. The molecule has 0 bridgehead atoms. The molecule has 226 valence electrons. The Balaban J connectivity index is 1.19. The molecule has 6 aliphatic rings. The zero-order valence-corrected chi connectivity index (χ0v) is 23.9. The van der Waals surface area contributed by atoms with Crippen LogP contribution in [0, 0.1) is 34.5 Å². The van der Waals surface area contributed by atoms with Gasteiger partial charge in [-0.3, -0.25) is 4.84 Å². The van der Waals surface area contributed by atoms with Crippen LogP contribution >= 0.6 is 0 Å². The number of carbonyl (C=O) groups is 1. The fourth-order valence-electron chi connectivity index (χ4n) is 10.4. The number of rotatable bonds is 5. The van der Waals surface area contributed by atoms with Crippen molar-refractivity contribution in [2.24, 2.45) is 34.5 Å². The van der Waals surface area contributed by atoms with E-state index in [9.17, 15) is 30.3 Å². The van der Waals surface area contributed by atoms with Crippen molar-refractivity contribution in [3.05, 3.63) is 11.6 Å². The van der Waals surface area contributed by atoms with E-state index in [2.05, 4.69) is 13.8 Å². The molecule has 2 heterocycles. The highest BCUT2D eigenvalue weighted by Crippen LogP contribution is 2.70. The molecular formula is C30H47NO9. The van der Waals surface area contributed by atoms with Crippen LogP contribution in [0.1, 0.15) is 71.6 Å². The lowest BCUT2D eigenvalue weighted by Gasteiger charge is -2.64. The van der Waals surface area contributed by atoms with Gasteiger partial charge in [-0.25, -0.2) is 4.79 Å². The maximum absolute atomic E-state index is 12.4. The predicted octanol–water partition coefficient (Wildman–Crippen LogP) is 1.28. The summed E-state index contributed by atoms with van der Waals surface area (Å²) in [4.78, 5) is 17.6. The number of carbonyl (C=O) groups excluding carboxylic acids is 1. The van der Waals surface area contributed by atoms with Gasteiger partial charge in [0.15, 0.2) is 6.23 Å². The van der Waals surface area contributed by atoms with Crippen LogP contribution in [0.15, 0.2) is 11.6 Å². The Hall–Kier alpha value is -1.11. The number of aliphatic hydroxyl groups is 5. The molecule has 4 saturated carbocycles. The van der Waals surface area contributed by atoms with Crippen LogP contribution < -0.4 is 0 Å². The highest BCUT2D eigenvalue weighted by Gasteiger charge is 2.68. The zero-order valence-electron chi connectivity index (χ0n) is 23.9. The summed E-state index contributed by atoms with van der Waals surface area (Å²) >= 11 is 0. The van der Waals surface area contributed by atoms with E-state index in [1.165, 1.54) is 7.11 Å². The first kappa shape index (κ1) is 29.0. The molecule has 0 aromatic carbocycles. The Morgan fingerprint density at radius 1 is 1.00 bits per heavy atom. The number of cyclic esters (lactones) is 1. The first-order valence-electron chi connectivity index (χ1n) is 15.2. The summed E-state index contributed by atoms with van der Waals surface area (Å²) in [6, 6.07) is -0.0549. The van der Waals surface area contributed by atoms with Crippen molar-refractivity contribution in [1.82, 2.24) is 5.06 Å². The maximum atomic E-state index is 12.4. The van der Waals surface area contributed by atoms with Gasteiger partial charge in [0.2, 0.25) is 0 Å². The second-order valence-corrected chi connectivity index (χ2v) is 14.0. The molecular weight excluding hydrogens is 518 g/mol. The van der Waals surface area contributed by atoms with Crippen LogP contribution in [0.4, 0.5) is 0 Å². The van der Waals surface area contributed by atoms with Crippen molar-refractivity contribution in [2.75, 3.05) is 20.3 Å². The molecule has 5 N–H and O–H groups in total. The van der Waals surface area contributed by atoms with Gasteiger partial charge in [0.1, 0.15) is 31.0 Å². The highest BCUT2D eigenvalue weighted by molar-refractivity contribution is 5.85. The fourth-order valence-corrected chi connectivity index (χ4v) is 10.4. The number of hydrogen-bond donors (Lipinski definition) is 5. The Morgan fingerprint density at radius 2 is 1.77 bits per heavy atom. The van der Waals surface area contributed by atoms with E-state index in [1.807, 2.05) is 0 Å². The summed E-state index contributed by atoms with van der Waals surface area (Å²) in [5, 5.41) is 55.1. The van der Waals surface area contributed by atoms with Crippen molar-refractivity contribution >= 4 is 5.97 Å². The molecule has 1 saturated heterocycles. The molecule has 0 radical (unpaired) electrons. The molecule has 40 heavy (non-hydrogen) atoms. The summed E-state index contributed by atoms with van der Waals surface area (Å²) < 4.78 is 11.1. The average molecular weight is 566 g/mol. The Bertz CT molecular complexity index is 1020. The summed E-state index contributed by atoms with van der Waals surface area (Å²) in [5.74, 6) is 0.949. The normalized spacial score (nSPS) is 52.5. The maximum Gasteiger partial charge on any atom is 0.331 e. The van der Waals surface area contributed by atoms with Gasteiger partial charge in [-0.15, -0.1) is 0 Å².